The van der Waals surface area contributed by atoms with Crippen LogP contribution in [-0.4, -0.2) is 36.3 Å². The van der Waals surface area contributed by atoms with Crippen LogP contribution in [0.3, 0.4) is 0 Å². The molecule has 0 aromatic carbocycles. The lowest BCUT2D eigenvalue weighted by Crippen LogP contribution is -2.23. The van der Waals surface area contributed by atoms with E-state index in [4.69, 9.17) is 9.84 Å². The number of carbonyl (C=O) groups is 1. The Balaban J connectivity index is 2.18. The van der Waals surface area contributed by atoms with Crippen molar-refractivity contribution in [3.8, 4) is 5.75 Å². The summed E-state index contributed by atoms with van der Waals surface area (Å²) in [6, 6.07) is 2.79. The van der Waals surface area contributed by atoms with Crippen LogP contribution in [0.1, 0.15) is 6.42 Å². The number of aliphatic carboxylic acids is 1. The molecule has 17 heavy (non-hydrogen) atoms. The number of aromatic nitrogens is 1. The van der Waals surface area contributed by atoms with Gasteiger partial charge in [-0.15, -0.1) is 0 Å². The fourth-order valence-electron chi connectivity index (χ4n) is 1.91. The Labute approximate surface area is 97.8 Å². The number of carboxylic acid groups (broad SMARTS) is 1. The first-order valence-corrected chi connectivity index (χ1v) is 5.29. The van der Waals surface area contributed by atoms with E-state index in [1.807, 2.05) is 0 Å². The molecule has 1 N–H and O–H groups in total. The number of ether oxygens (including phenoxy) is 1. The molecule has 1 aromatic rings. The van der Waals surface area contributed by atoms with Crippen LogP contribution in [0.25, 0.3) is 0 Å². The Morgan fingerprint density at radius 3 is 3.00 bits per heavy atom. The van der Waals surface area contributed by atoms with E-state index < -0.39 is 17.8 Å². The van der Waals surface area contributed by atoms with E-state index in [1.165, 1.54) is 13.2 Å². The van der Waals surface area contributed by atoms with Crippen molar-refractivity contribution in [1.82, 2.24) is 4.98 Å². The summed E-state index contributed by atoms with van der Waals surface area (Å²) in [4.78, 5) is 16.3. The van der Waals surface area contributed by atoms with Crippen LogP contribution in [0.5, 0.6) is 5.75 Å². The Hall–Kier alpha value is -1.85. The number of carboxylic acids is 1. The zero-order valence-corrected chi connectivity index (χ0v) is 9.39. The second kappa shape index (κ2) is 4.57. The highest BCUT2D eigenvalue weighted by Crippen LogP contribution is 2.25. The molecular formula is C11H13FN2O3. The van der Waals surface area contributed by atoms with Gasteiger partial charge in [-0.25, -0.2) is 4.98 Å². The monoisotopic (exact) mass is 240 g/mol. The molecule has 92 valence electrons. The Morgan fingerprint density at radius 1 is 1.65 bits per heavy atom. The molecule has 5 nitrogen and oxygen atoms in total. The predicted molar refractivity (Wildman–Crippen MR) is 58.7 cm³/mol. The average Bonchev–Trinajstić information content (AvgIpc) is 2.77. The Morgan fingerprint density at radius 2 is 2.41 bits per heavy atom. The molecule has 0 spiro atoms. The molecule has 1 fully saturated rings. The molecule has 1 aliphatic heterocycles. The van der Waals surface area contributed by atoms with Crippen LogP contribution < -0.4 is 9.64 Å². The first-order valence-electron chi connectivity index (χ1n) is 5.29. The summed E-state index contributed by atoms with van der Waals surface area (Å²) >= 11 is 0. The third kappa shape index (κ3) is 2.46. The molecule has 1 aromatic heterocycles. The first-order chi connectivity index (χ1) is 8.10. The highest BCUT2D eigenvalue weighted by molar-refractivity contribution is 5.71. The standard InChI is InChI=1S/C11H13FN2O3/c1-17-8-4-9(12)13-10(5-8)14-3-2-7(6-14)11(15)16/h4-5,7H,2-3,6H2,1H3,(H,15,16). The van der Waals surface area contributed by atoms with Crippen molar-refractivity contribution < 1.29 is 19.0 Å². The molecule has 0 amide bonds. The van der Waals surface area contributed by atoms with Crippen molar-refractivity contribution >= 4 is 11.8 Å². The van der Waals surface area contributed by atoms with Crippen molar-refractivity contribution in [2.75, 3.05) is 25.1 Å². The zero-order chi connectivity index (χ0) is 12.4. The van der Waals surface area contributed by atoms with Gasteiger partial charge in [0, 0.05) is 25.2 Å². The SMILES string of the molecule is COc1cc(F)nc(N2CCC(C(=O)O)C2)c1. The molecule has 6 heteroatoms. The van der Waals surface area contributed by atoms with Gasteiger partial charge in [0.15, 0.2) is 0 Å². The van der Waals surface area contributed by atoms with Gasteiger partial charge in [-0.2, -0.15) is 4.39 Å². The minimum absolute atomic E-state index is 0.356. The van der Waals surface area contributed by atoms with Gasteiger partial charge in [0.25, 0.3) is 0 Å². The van der Waals surface area contributed by atoms with Crippen LogP contribution in [0.2, 0.25) is 0 Å². The van der Waals surface area contributed by atoms with Crippen LogP contribution in [0.4, 0.5) is 10.2 Å². The molecule has 0 aliphatic carbocycles. The third-order valence-electron chi connectivity index (χ3n) is 2.85. The number of pyridine rings is 1. The normalized spacial score (nSPS) is 19.4. The van der Waals surface area contributed by atoms with E-state index >= 15 is 0 Å². The number of hydrogen-bond donors (Lipinski definition) is 1. The van der Waals surface area contributed by atoms with E-state index in [-0.39, 0.29) is 0 Å². The van der Waals surface area contributed by atoms with Crippen molar-refractivity contribution in [3.63, 3.8) is 0 Å². The lowest BCUT2D eigenvalue weighted by atomic mass is 10.1. The minimum atomic E-state index is -0.823. The number of anilines is 1. The van der Waals surface area contributed by atoms with Gasteiger partial charge in [-0.3, -0.25) is 4.79 Å². The maximum atomic E-state index is 13.2. The molecule has 2 heterocycles. The van der Waals surface area contributed by atoms with Crippen molar-refractivity contribution in [2.24, 2.45) is 5.92 Å². The van der Waals surface area contributed by atoms with Crippen LogP contribution >= 0.6 is 0 Å². The summed E-state index contributed by atoms with van der Waals surface area (Å²) in [5.41, 5.74) is 0. The first kappa shape index (κ1) is 11.6. The maximum absolute atomic E-state index is 13.2. The van der Waals surface area contributed by atoms with Crippen molar-refractivity contribution in [3.05, 3.63) is 18.1 Å². The van der Waals surface area contributed by atoms with Crippen molar-refractivity contribution in [2.45, 2.75) is 6.42 Å². The average molecular weight is 240 g/mol. The Kier molecular flexibility index (Phi) is 3.12. The van der Waals surface area contributed by atoms with E-state index in [1.54, 1.807) is 11.0 Å². The van der Waals surface area contributed by atoms with Gasteiger partial charge in [0.1, 0.15) is 11.6 Å². The molecule has 1 atom stereocenters. The minimum Gasteiger partial charge on any atom is -0.496 e. The highest BCUT2D eigenvalue weighted by atomic mass is 19.1. The summed E-state index contributed by atoms with van der Waals surface area (Å²) in [5, 5.41) is 8.89. The summed E-state index contributed by atoms with van der Waals surface area (Å²) in [6.07, 6.45) is 0.551. The number of methoxy groups -OCH3 is 1. The molecule has 2 rings (SSSR count). The summed E-state index contributed by atoms with van der Waals surface area (Å²) in [7, 11) is 1.45. The van der Waals surface area contributed by atoms with Gasteiger partial charge < -0.3 is 14.7 Å². The Bertz CT molecular complexity index is 439. The topological polar surface area (TPSA) is 62.7 Å². The van der Waals surface area contributed by atoms with Crippen molar-refractivity contribution in [1.29, 1.82) is 0 Å². The number of nitrogens with zero attached hydrogens (tertiary/aromatic N) is 2. The van der Waals surface area contributed by atoms with Gasteiger partial charge in [0.2, 0.25) is 5.95 Å². The summed E-state index contributed by atoms with van der Waals surface area (Å²) in [5.74, 6) is -1.06. The third-order valence-corrected chi connectivity index (χ3v) is 2.85. The second-order valence-corrected chi connectivity index (χ2v) is 3.96. The zero-order valence-electron chi connectivity index (χ0n) is 9.39. The fraction of sp³-hybridized carbons (Fsp3) is 0.455. The summed E-state index contributed by atoms with van der Waals surface area (Å²) in [6.45, 7) is 0.922. The number of hydrogen-bond acceptors (Lipinski definition) is 4. The maximum Gasteiger partial charge on any atom is 0.308 e. The van der Waals surface area contributed by atoms with E-state index in [0.717, 1.165) is 0 Å². The van der Waals surface area contributed by atoms with E-state index in [2.05, 4.69) is 4.98 Å². The molecule has 1 saturated heterocycles. The van der Waals surface area contributed by atoms with Gasteiger partial charge in [-0.1, -0.05) is 0 Å². The number of halogens is 1. The van der Waals surface area contributed by atoms with Crippen LogP contribution in [-0.2, 0) is 4.79 Å². The number of rotatable bonds is 3. The second-order valence-electron chi connectivity index (χ2n) is 3.96. The molecule has 0 bridgehead atoms. The lowest BCUT2D eigenvalue weighted by Gasteiger charge is -2.17. The van der Waals surface area contributed by atoms with Crippen LogP contribution in [0.15, 0.2) is 12.1 Å². The van der Waals surface area contributed by atoms with Gasteiger partial charge >= 0.3 is 5.97 Å². The molecule has 0 saturated carbocycles. The molecular weight excluding hydrogens is 227 g/mol. The predicted octanol–water partition coefficient (Wildman–Crippen LogP) is 1.14. The highest BCUT2D eigenvalue weighted by Gasteiger charge is 2.29. The molecule has 0 radical (unpaired) electrons. The quantitative estimate of drug-likeness (QED) is 0.803. The largest absolute Gasteiger partial charge is 0.496 e. The molecule has 1 aliphatic rings. The van der Waals surface area contributed by atoms with Gasteiger partial charge in [0.05, 0.1) is 13.0 Å². The fourth-order valence-corrected chi connectivity index (χ4v) is 1.91. The van der Waals surface area contributed by atoms with E-state index in [9.17, 15) is 9.18 Å². The van der Waals surface area contributed by atoms with Crippen LogP contribution in [0, 0.1) is 11.9 Å². The smallest absolute Gasteiger partial charge is 0.308 e. The van der Waals surface area contributed by atoms with E-state index in [0.29, 0.717) is 31.1 Å². The van der Waals surface area contributed by atoms with Gasteiger partial charge in [-0.05, 0) is 6.42 Å². The molecule has 1 unspecified atom stereocenters. The summed E-state index contributed by atoms with van der Waals surface area (Å²) < 4.78 is 18.1. The lowest BCUT2D eigenvalue weighted by molar-refractivity contribution is -0.140.